The van der Waals surface area contributed by atoms with Crippen molar-refractivity contribution in [1.82, 2.24) is 0 Å². The summed E-state index contributed by atoms with van der Waals surface area (Å²) in [4.78, 5) is 22.7. The average molecular weight is 214 g/mol. The highest BCUT2D eigenvalue weighted by Crippen LogP contribution is 2.30. The van der Waals surface area contributed by atoms with Gasteiger partial charge in [0.25, 0.3) is 0 Å². The highest BCUT2D eigenvalue weighted by Gasteiger charge is 2.38. The Bertz CT molecular complexity index is 259. The van der Waals surface area contributed by atoms with Crippen molar-refractivity contribution in [3.8, 4) is 0 Å². The molecule has 1 aliphatic heterocycles. The lowest BCUT2D eigenvalue weighted by Gasteiger charge is -2.34. The third-order valence-corrected chi connectivity index (χ3v) is 3.01. The molecule has 4 atom stereocenters. The zero-order chi connectivity index (χ0) is 11.6. The first-order valence-corrected chi connectivity index (χ1v) is 5.25. The Kier molecular flexibility index (Phi) is 3.72. The van der Waals surface area contributed by atoms with E-state index in [0.29, 0.717) is 0 Å². The molecule has 1 fully saturated rings. The topological polar surface area (TPSA) is 52.6 Å². The average Bonchev–Trinajstić information content (AvgIpc) is 2.21. The predicted molar refractivity (Wildman–Crippen MR) is 54.0 cm³/mol. The number of hydrogen-bond donors (Lipinski definition) is 0. The molecule has 15 heavy (non-hydrogen) atoms. The highest BCUT2D eigenvalue weighted by atomic mass is 16.6. The summed E-state index contributed by atoms with van der Waals surface area (Å²) in [6.45, 7) is 5.57. The standard InChI is InChI=1S/C11H18O4/c1-6-5-7(2)10(12)15-9(6)8(3)11(13)14-4/h6-9H,5H2,1-4H3/t6-,7+,8+,9-/m1/s1. The normalized spacial score (nSPS) is 33.1. The van der Waals surface area contributed by atoms with Gasteiger partial charge in [-0.2, -0.15) is 0 Å². The van der Waals surface area contributed by atoms with Crippen LogP contribution in [0.4, 0.5) is 0 Å². The Morgan fingerprint density at radius 3 is 2.67 bits per heavy atom. The van der Waals surface area contributed by atoms with E-state index in [2.05, 4.69) is 4.74 Å². The van der Waals surface area contributed by atoms with Crippen LogP contribution in [0.1, 0.15) is 27.2 Å². The van der Waals surface area contributed by atoms with Crippen molar-refractivity contribution in [3.63, 3.8) is 0 Å². The van der Waals surface area contributed by atoms with E-state index in [4.69, 9.17) is 4.74 Å². The minimum atomic E-state index is -0.388. The molecule has 0 spiro atoms. The SMILES string of the molecule is COC(=O)[C@@H](C)[C@@H]1OC(=O)[C@@H](C)C[C@H]1C. The molecule has 4 heteroatoms. The fraction of sp³-hybridized carbons (Fsp3) is 0.818. The zero-order valence-electron chi connectivity index (χ0n) is 9.65. The molecule has 0 aromatic carbocycles. The maximum atomic E-state index is 11.4. The van der Waals surface area contributed by atoms with Crippen molar-refractivity contribution in [1.29, 1.82) is 0 Å². The summed E-state index contributed by atoms with van der Waals surface area (Å²) in [5.41, 5.74) is 0. The van der Waals surface area contributed by atoms with Crippen molar-refractivity contribution >= 4 is 11.9 Å². The summed E-state index contributed by atoms with van der Waals surface area (Å²) < 4.78 is 9.90. The van der Waals surface area contributed by atoms with Gasteiger partial charge >= 0.3 is 11.9 Å². The molecule has 0 unspecified atom stereocenters. The van der Waals surface area contributed by atoms with Crippen LogP contribution in [-0.2, 0) is 19.1 Å². The maximum Gasteiger partial charge on any atom is 0.312 e. The van der Waals surface area contributed by atoms with E-state index < -0.39 is 0 Å². The largest absolute Gasteiger partial charge is 0.469 e. The van der Waals surface area contributed by atoms with E-state index in [9.17, 15) is 9.59 Å². The number of methoxy groups -OCH3 is 1. The summed E-state index contributed by atoms with van der Waals surface area (Å²) in [5.74, 6) is -0.794. The molecule has 86 valence electrons. The Hall–Kier alpha value is -1.06. The third-order valence-electron chi connectivity index (χ3n) is 3.01. The highest BCUT2D eigenvalue weighted by molar-refractivity contribution is 5.76. The van der Waals surface area contributed by atoms with Crippen molar-refractivity contribution in [2.45, 2.75) is 33.3 Å². The van der Waals surface area contributed by atoms with Gasteiger partial charge in [0.15, 0.2) is 0 Å². The first kappa shape index (κ1) is 12.0. The number of hydrogen-bond acceptors (Lipinski definition) is 4. The van der Waals surface area contributed by atoms with Crippen LogP contribution in [0, 0.1) is 17.8 Å². The van der Waals surface area contributed by atoms with Crippen LogP contribution in [0.25, 0.3) is 0 Å². The van der Waals surface area contributed by atoms with Crippen LogP contribution in [0.15, 0.2) is 0 Å². The fourth-order valence-electron chi connectivity index (χ4n) is 2.07. The molecule has 0 radical (unpaired) electrons. The molecule has 1 rings (SSSR count). The number of cyclic esters (lactones) is 1. The number of carbonyl (C=O) groups is 2. The maximum absolute atomic E-state index is 11.4. The van der Waals surface area contributed by atoms with Crippen molar-refractivity contribution < 1.29 is 19.1 Å². The molecule has 0 saturated carbocycles. The lowest BCUT2D eigenvalue weighted by Crippen LogP contribution is -2.42. The summed E-state index contributed by atoms with van der Waals surface area (Å²) >= 11 is 0. The Morgan fingerprint density at radius 1 is 1.53 bits per heavy atom. The minimum Gasteiger partial charge on any atom is -0.469 e. The van der Waals surface area contributed by atoms with Crippen LogP contribution >= 0.6 is 0 Å². The Balaban J connectivity index is 2.69. The van der Waals surface area contributed by atoms with Crippen LogP contribution in [0.3, 0.4) is 0 Å². The lowest BCUT2D eigenvalue weighted by molar-refractivity contribution is -0.173. The quantitative estimate of drug-likeness (QED) is 0.652. The second-order valence-electron chi connectivity index (χ2n) is 4.33. The molecule has 0 aromatic heterocycles. The third kappa shape index (κ3) is 2.49. The smallest absolute Gasteiger partial charge is 0.312 e. The molecule has 4 nitrogen and oxygen atoms in total. The van der Waals surface area contributed by atoms with E-state index in [1.54, 1.807) is 6.92 Å². The van der Waals surface area contributed by atoms with E-state index in [1.165, 1.54) is 7.11 Å². The van der Waals surface area contributed by atoms with Gasteiger partial charge in [-0.15, -0.1) is 0 Å². The van der Waals surface area contributed by atoms with Crippen LogP contribution < -0.4 is 0 Å². The summed E-state index contributed by atoms with van der Waals surface area (Å²) in [6.07, 6.45) is 0.423. The molecular weight excluding hydrogens is 196 g/mol. The number of carbonyl (C=O) groups excluding carboxylic acids is 2. The minimum absolute atomic E-state index is 0.0684. The van der Waals surface area contributed by atoms with Gasteiger partial charge in [0.2, 0.25) is 0 Å². The molecule has 0 aromatic rings. The van der Waals surface area contributed by atoms with E-state index in [1.807, 2.05) is 13.8 Å². The van der Waals surface area contributed by atoms with Gasteiger partial charge < -0.3 is 9.47 Å². The monoisotopic (exact) mass is 214 g/mol. The van der Waals surface area contributed by atoms with Crippen LogP contribution in [0.5, 0.6) is 0 Å². The number of esters is 2. The fourth-order valence-corrected chi connectivity index (χ4v) is 2.07. The molecule has 0 amide bonds. The summed E-state index contributed by atoms with van der Waals surface area (Å²) in [6, 6.07) is 0. The van der Waals surface area contributed by atoms with Gasteiger partial charge in [-0.05, 0) is 19.3 Å². The number of rotatable bonds is 2. The number of ether oxygens (including phenoxy) is 2. The van der Waals surface area contributed by atoms with Gasteiger partial charge in [-0.3, -0.25) is 9.59 Å². The second-order valence-corrected chi connectivity index (χ2v) is 4.33. The molecular formula is C11H18O4. The van der Waals surface area contributed by atoms with Gasteiger partial charge in [0.1, 0.15) is 6.10 Å². The Morgan fingerprint density at radius 2 is 2.13 bits per heavy atom. The summed E-state index contributed by atoms with van der Waals surface area (Å²) in [7, 11) is 1.34. The Labute approximate surface area is 89.9 Å². The van der Waals surface area contributed by atoms with Gasteiger partial charge in [0.05, 0.1) is 18.9 Å². The molecule has 0 bridgehead atoms. The van der Waals surface area contributed by atoms with Gasteiger partial charge in [-0.1, -0.05) is 13.8 Å². The first-order chi connectivity index (χ1) is 6.97. The van der Waals surface area contributed by atoms with Gasteiger partial charge in [-0.25, -0.2) is 0 Å². The summed E-state index contributed by atoms with van der Waals surface area (Å²) in [5, 5.41) is 0. The molecule has 1 heterocycles. The van der Waals surface area contributed by atoms with Crippen molar-refractivity contribution in [2.75, 3.05) is 7.11 Å². The van der Waals surface area contributed by atoms with E-state index in [0.717, 1.165) is 6.42 Å². The second kappa shape index (κ2) is 4.64. The van der Waals surface area contributed by atoms with Crippen molar-refractivity contribution in [2.24, 2.45) is 17.8 Å². The lowest BCUT2D eigenvalue weighted by atomic mass is 9.84. The van der Waals surface area contributed by atoms with E-state index in [-0.39, 0.29) is 35.8 Å². The van der Waals surface area contributed by atoms with Crippen LogP contribution in [0.2, 0.25) is 0 Å². The first-order valence-electron chi connectivity index (χ1n) is 5.25. The predicted octanol–water partition coefficient (Wildman–Crippen LogP) is 1.38. The van der Waals surface area contributed by atoms with Crippen molar-refractivity contribution in [3.05, 3.63) is 0 Å². The molecule has 0 aliphatic carbocycles. The molecule has 0 N–H and O–H groups in total. The molecule has 1 saturated heterocycles. The zero-order valence-corrected chi connectivity index (χ0v) is 9.65. The van der Waals surface area contributed by atoms with E-state index >= 15 is 0 Å². The molecule has 1 aliphatic rings. The van der Waals surface area contributed by atoms with Gasteiger partial charge in [0, 0.05) is 0 Å². The van der Waals surface area contributed by atoms with Crippen LogP contribution in [-0.4, -0.2) is 25.2 Å².